The molecule has 0 aromatic carbocycles. The highest BCUT2D eigenvalue weighted by Gasteiger charge is 2.15. The third kappa shape index (κ3) is 1.41. The third-order valence-corrected chi connectivity index (χ3v) is 1.57. The molecule has 0 radical (unpaired) electrons. The molecule has 0 saturated heterocycles. The third-order valence-electron chi connectivity index (χ3n) is 1.57. The highest BCUT2D eigenvalue weighted by molar-refractivity contribution is 5.31. The predicted octanol–water partition coefficient (Wildman–Crippen LogP) is 1.07. The van der Waals surface area contributed by atoms with E-state index < -0.39 is 11.6 Å². The second kappa shape index (κ2) is 3.29. The molecule has 1 aromatic rings. The lowest BCUT2D eigenvalue weighted by molar-refractivity contribution is -0.385. The number of nitrogens with zero attached hydrogens (tertiary/aromatic N) is 3. The van der Waals surface area contributed by atoms with Gasteiger partial charge in [0.2, 0.25) is 0 Å². The van der Waals surface area contributed by atoms with Crippen molar-refractivity contribution in [1.29, 1.82) is 0 Å². The summed E-state index contributed by atoms with van der Waals surface area (Å²) in [6, 6.07) is 0. The summed E-state index contributed by atoms with van der Waals surface area (Å²) >= 11 is 0. The minimum Gasteiger partial charge on any atom is -0.260 e. The van der Waals surface area contributed by atoms with Crippen molar-refractivity contribution in [2.24, 2.45) is 0 Å². The lowest BCUT2D eigenvalue weighted by Gasteiger charge is -1.97. The van der Waals surface area contributed by atoms with Crippen LogP contribution in [0.1, 0.15) is 5.69 Å². The van der Waals surface area contributed by atoms with Crippen LogP contribution in [-0.4, -0.2) is 21.4 Å². The quantitative estimate of drug-likeness (QED) is 0.507. The first kappa shape index (κ1) is 8.63. The number of nitro groups is 1. The molecule has 1 heterocycles. The second-order valence-electron chi connectivity index (χ2n) is 2.28. The molecule has 6 heteroatoms. The summed E-state index contributed by atoms with van der Waals surface area (Å²) in [4.78, 5) is 9.77. The summed E-state index contributed by atoms with van der Waals surface area (Å²) in [5.41, 5.74) is 0.320. The van der Waals surface area contributed by atoms with Crippen molar-refractivity contribution < 1.29 is 9.31 Å². The molecule has 1 aromatic heterocycles. The number of hydrogen-bond acceptors (Lipinski definition) is 3. The average molecular weight is 173 g/mol. The fraction of sp³-hybridized carbons (Fsp3) is 0.500. The molecule has 0 amide bonds. The highest BCUT2D eigenvalue weighted by atomic mass is 19.1. The Hall–Kier alpha value is -1.46. The smallest absolute Gasteiger partial charge is 0.260 e. The average Bonchev–Trinajstić information content (AvgIpc) is 2.34. The number of aryl methyl sites for hydroxylation is 1. The summed E-state index contributed by atoms with van der Waals surface area (Å²) in [6.07, 6.45) is 1.13. The van der Waals surface area contributed by atoms with E-state index in [1.54, 1.807) is 6.92 Å². The Kier molecular flexibility index (Phi) is 2.37. The van der Waals surface area contributed by atoms with Crippen LogP contribution < -0.4 is 0 Å². The van der Waals surface area contributed by atoms with Gasteiger partial charge in [0.05, 0.1) is 11.5 Å². The molecule has 0 N–H and O–H groups in total. The maximum absolute atomic E-state index is 11.8. The van der Waals surface area contributed by atoms with Gasteiger partial charge in [-0.25, -0.2) is 4.39 Å². The van der Waals surface area contributed by atoms with Gasteiger partial charge in [0, 0.05) is 0 Å². The van der Waals surface area contributed by atoms with Gasteiger partial charge in [-0.15, -0.1) is 0 Å². The van der Waals surface area contributed by atoms with E-state index in [0.29, 0.717) is 5.69 Å². The molecular weight excluding hydrogens is 165 g/mol. The van der Waals surface area contributed by atoms with Crippen LogP contribution in [0.15, 0.2) is 6.20 Å². The van der Waals surface area contributed by atoms with Gasteiger partial charge >= 0.3 is 5.69 Å². The minimum atomic E-state index is -0.570. The zero-order valence-electron chi connectivity index (χ0n) is 6.53. The molecule has 0 fully saturated rings. The van der Waals surface area contributed by atoms with Crippen LogP contribution in [0.4, 0.5) is 10.1 Å². The maximum Gasteiger partial charge on any atom is 0.309 e. The number of halogens is 1. The molecule has 0 aliphatic carbocycles. The molecule has 0 aliphatic heterocycles. The van der Waals surface area contributed by atoms with Crippen molar-refractivity contribution in [1.82, 2.24) is 9.78 Å². The van der Waals surface area contributed by atoms with Crippen molar-refractivity contribution in [3.8, 4) is 0 Å². The second-order valence-corrected chi connectivity index (χ2v) is 2.28. The Balaban J connectivity index is 2.96. The molecule has 0 spiro atoms. The van der Waals surface area contributed by atoms with Crippen LogP contribution in [0.3, 0.4) is 0 Å². The molecule has 5 nitrogen and oxygen atoms in total. The van der Waals surface area contributed by atoms with E-state index in [0.717, 1.165) is 6.20 Å². The van der Waals surface area contributed by atoms with Gasteiger partial charge in [0.1, 0.15) is 18.6 Å². The lowest BCUT2D eigenvalue weighted by atomic mass is 10.4. The Morgan fingerprint density at radius 1 is 1.83 bits per heavy atom. The topological polar surface area (TPSA) is 61.0 Å². The Morgan fingerprint density at radius 2 is 2.50 bits per heavy atom. The number of hydrogen-bond donors (Lipinski definition) is 0. The van der Waals surface area contributed by atoms with E-state index in [1.807, 2.05) is 0 Å². The van der Waals surface area contributed by atoms with Crippen molar-refractivity contribution in [3.05, 3.63) is 22.0 Å². The van der Waals surface area contributed by atoms with Gasteiger partial charge in [0.15, 0.2) is 0 Å². The lowest BCUT2D eigenvalue weighted by Crippen LogP contribution is -2.03. The summed E-state index contributed by atoms with van der Waals surface area (Å²) in [6.45, 7) is 1.04. The van der Waals surface area contributed by atoms with Crippen LogP contribution in [0.25, 0.3) is 0 Å². The fourth-order valence-electron chi connectivity index (χ4n) is 0.921. The minimum absolute atomic E-state index is 0.0662. The first-order valence-electron chi connectivity index (χ1n) is 3.39. The number of rotatable bonds is 3. The van der Waals surface area contributed by atoms with Crippen molar-refractivity contribution in [2.45, 2.75) is 13.5 Å². The SMILES string of the molecule is Cc1c([N+](=O)[O-])cnn1CCF. The summed E-state index contributed by atoms with van der Waals surface area (Å²) in [5, 5.41) is 14.0. The molecule has 0 atom stereocenters. The van der Waals surface area contributed by atoms with E-state index >= 15 is 0 Å². The van der Waals surface area contributed by atoms with Crippen LogP contribution in [0, 0.1) is 17.0 Å². The van der Waals surface area contributed by atoms with Gasteiger partial charge in [-0.05, 0) is 6.92 Å². The predicted molar refractivity (Wildman–Crippen MR) is 39.6 cm³/mol. The zero-order valence-corrected chi connectivity index (χ0v) is 6.53. The maximum atomic E-state index is 11.8. The van der Waals surface area contributed by atoms with E-state index in [4.69, 9.17) is 0 Å². The fourth-order valence-corrected chi connectivity index (χ4v) is 0.921. The van der Waals surface area contributed by atoms with Crippen molar-refractivity contribution in [3.63, 3.8) is 0 Å². The standard InChI is InChI=1S/C6H8FN3O2/c1-5-6(10(11)12)4-8-9(5)3-2-7/h4H,2-3H2,1H3. The van der Waals surface area contributed by atoms with E-state index in [9.17, 15) is 14.5 Å². The van der Waals surface area contributed by atoms with E-state index in [1.165, 1.54) is 4.68 Å². The van der Waals surface area contributed by atoms with Crippen LogP contribution in [0.5, 0.6) is 0 Å². The van der Waals surface area contributed by atoms with E-state index in [-0.39, 0.29) is 12.2 Å². The molecule has 0 bridgehead atoms. The van der Waals surface area contributed by atoms with Gasteiger partial charge in [-0.1, -0.05) is 0 Å². The summed E-state index contributed by atoms with van der Waals surface area (Å²) in [5.74, 6) is 0. The highest BCUT2D eigenvalue weighted by Crippen LogP contribution is 2.15. The summed E-state index contributed by atoms with van der Waals surface area (Å²) < 4.78 is 13.1. The molecule has 0 aliphatic rings. The molecule has 1 rings (SSSR count). The normalized spacial score (nSPS) is 10.2. The van der Waals surface area contributed by atoms with Gasteiger partial charge < -0.3 is 0 Å². The van der Waals surface area contributed by atoms with Gasteiger partial charge in [0.25, 0.3) is 0 Å². The van der Waals surface area contributed by atoms with Crippen LogP contribution in [0.2, 0.25) is 0 Å². The summed E-state index contributed by atoms with van der Waals surface area (Å²) in [7, 11) is 0. The number of aromatic nitrogens is 2. The molecule has 0 saturated carbocycles. The number of alkyl halides is 1. The first-order chi connectivity index (χ1) is 5.66. The Bertz CT molecular complexity index is 297. The largest absolute Gasteiger partial charge is 0.309 e. The Morgan fingerprint density at radius 3 is 2.92 bits per heavy atom. The molecule has 12 heavy (non-hydrogen) atoms. The van der Waals surface area contributed by atoms with Gasteiger partial charge in [-0.2, -0.15) is 5.10 Å². The van der Waals surface area contributed by atoms with Gasteiger partial charge in [-0.3, -0.25) is 14.8 Å². The van der Waals surface area contributed by atoms with Crippen LogP contribution in [-0.2, 0) is 6.54 Å². The molecular formula is C6H8FN3O2. The molecule has 0 unspecified atom stereocenters. The van der Waals surface area contributed by atoms with Crippen LogP contribution >= 0.6 is 0 Å². The van der Waals surface area contributed by atoms with Crippen molar-refractivity contribution in [2.75, 3.05) is 6.67 Å². The molecule has 66 valence electrons. The van der Waals surface area contributed by atoms with E-state index in [2.05, 4.69) is 5.10 Å². The van der Waals surface area contributed by atoms with Crippen molar-refractivity contribution >= 4 is 5.69 Å². The zero-order chi connectivity index (χ0) is 9.14. The first-order valence-corrected chi connectivity index (χ1v) is 3.39. The monoisotopic (exact) mass is 173 g/mol. The Labute approximate surface area is 68.0 Å².